The van der Waals surface area contributed by atoms with E-state index in [1.807, 2.05) is 19.1 Å². The van der Waals surface area contributed by atoms with Gasteiger partial charge in [-0.15, -0.1) is 0 Å². The number of hydrogen-bond acceptors (Lipinski definition) is 2. The van der Waals surface area contributed by atoms with Crippen LogP contribution < -0.4 is 5.32 Å². The summed E-state index contributed by atoms with van der Waals surface area (Å²) in [5.74, 6) is 0. The highest BCUT2D eigenvalue weighted by molar-refractivity contribution is 6.31. The number of benzene rings is 1. The number of hydrogen-bond donors (Lipinski definition) is 1. The largest absolute Gasteiger partial charge is 0.371 e. The highest BCUT2D eigenvalue weighted by Gasteiger charge is 2.16. The fourth-order valence-corrected chi connectivity index (χ4v) is 1.52. The predicted octanol–water partition coefficient (Wildman–Crippen LogP) is 2.14. The van der Waals surface area contributed by atoms with E-state index in [0.717, 1.165) is 29.2 Å². The normalized spacial score (nSPS) is 16.7. The molecule has 0 bridgehead atoms. The Morgan fingerprint density at radius 2 is 2.29 bits per heavy atom. The van der Waals surface area contributed by atoms with Gasteiger partial charge in [-0.1, -0.05) is 23.7 Å². The summed E-state index contributed by atoms with van der Waals surface area (Å²) in [5.41, 5.74) is 2.26. The lowest BCUT2D eigenvalue weighted by Crippen LogP contribution is -2.48. The predicted molar refractivity (Wildman–Crippen MR) is 57.6 cm³/mol. The van der Waals surface area contributed by atoms with Crippen LogP contribution >= 0.6 is 11.6 Å². The standard InChI is InChI=1S/C11H14ClNO/c1-8-2-3-9(4-11(8)12)7-14-10-5-13-6-10/h2-4,10,13H,5-7H2,1H3. The van der Waals surface area contributed by atoms with Gasteiger partial charge in [-0.2, -0.15) is 0 Å². The van der Waals surface area contributed by atoms with Gasteiger partial charge in [0.2, 0.25) is 0 Å². The molecule has 0 aliphatic carbocycles. The molecule has 1 saturated heterocycles. The van der Waals surface area contributed by atoms with Gasteiger partial charge in [-0.3, -0.25) is 0 Å². The first-order chi connectivity index (χ1) is 6.75. The molecular formula is C11H14ClNO. The van der Waals surface area contributed by atoms with Gasteiger partial charge in [0.05, 0.1) is 12.7 Å². The van der Waals surface area contributed by atoms with Gasteiger partial charge in [0.15, 0.2) is 0 Å². The highest BCUT2D eigenvalue weighted by atomic mass is 35.5. The third kappa shape index (κ3) is 2.27. The molecule has 14 heavy (non-hydrogen) atoms. The molecule has 2 nitrogen and oxygen atoms in total. The van der Waals surface area contributed by atoms with Gasteiger partial charge in [0.25, 0.3) is 0 Å². The first-order valence-corrected chi connectivity index (χ1v) is 5.21. The van der Waals surface area contributed by atoms with E-state index in [2.05, 4.69) is 11.4 Å². The molecule has 0 unspecified atom stereocenters. The van der Waals surface area contributed by atoms with Crippen LogP contribution in [0, 0.1) is 6.92 Å². The van der Waals surface area contributed by atoms with Crippen LogP contribution in [0.25, 0.3) is 0 Å². The van der Waals surface area contributed by atoms with Crippen LogP contribution in [0.15, 0.2) is 18.2 Å². The lowest BCUT2D eigenvalue weighted by atomic mass is 10.1. The first-order valence-electron chi connectivity index (χ1n) is 4.83. The van der Waals surface area contributed by atoms with Crippen molar-refractivity contribution in [1.29, 1.82) is 0 Å². The summed E-state index contributed by atoms with van der Waals surface area (Å²) in [6.45, 7) is 4.61. The van der Waals surface area contributed by atoms with E-state index in [4.69, 9.17) is 16.3 Å². The number of halogens is 1. The maximum Gasteiger partial charge on any atom is 0.0828 e. The van der Waals surface area contributed by atoms with E-state index in [9.17, 15) is 0 Å². The van der Waals surface area contributed by atoms with E-state index < -0.39 is 0 Å². The van der Waals surface area contributed by atoms with Gasteiger partial charge in [0, 0.05) is 18.1 Å². The Hall–Kier alpha value is -0.570. The fraction of sp³-hybridized carbons (Fsp3) is 0.455. The van der Waals surface area contributed by atoms with Crippen LogP contribution in [0.3, 0.4) is 0 Å². The summed E-state index contributed by atoms with van der Waals surface area (Å²) in [6.07, 6.45) is 0.384. The van der Waals surface area contributed by atoms with Gasteiger partial charge in [-0.25, -0.2) is 0 Å². The molecule has 0 spiro atoms. The molecule has 1 heterocycles. The van der Waals surface area contributed by atoms with Crippen molar-refractivity contribution in [2.75, 3.05) is 13.1 Å². The van der Waals surface area contributed by atoms with E-state index in [-0.39, 0.29) is 0 Å². The Kier molecular flexibility index (Phi) is 3.06. The van der Waals surface area contributed by atoms with Crippen molar-refractivity contribution < 1.29 is 4.74 Å². The highest BCUT2D eigenvalue weighted by Crippen LogP contribution is 2.17. The van der Waals surface area contributed by atoms with Crippen LogP contribution in [-0.4, -0.2) is 19.2 Å². The van der Waals surface area contributed by atoms with Crippen molar-refractivity contribution >= 4 is 11.6 Å². The second-order valence-corrected chi connectivity index (χ2v) is 4.08. The van der Waals surface area contributed by atoms with Crippen LogP contribution in [-0.2, 0) is 11.3 Å². The summed E-state index contributed by atoms with van der Waals surface area (Å²) in [4.78, 5) is 0. The molecule has 0 amide bonds. The zero-order chi connectivity index (χ0) is 9.97. The van der Waals surface area contributed by atoms with E-state index >= 15 is 0 Å². The second-order valence-electron chi connectivity index (χ2n) is 3.67. The minimum Gasteiger partial charge on any atom is -0.371 e. The molecule has 1 aromatic carbocycles. The minimum atomic E-state index is 0.384. The summed E-state index contributed by atoms with van der Waals surface area (Å²) >= 11 is 6.01. The van der Waals surface area contributed by atoms with Gasteiger partial charge in [0.1, 0.15) is 0 Å². The van der Waals surface area contributed by atoms with Crippen LogP contribution in [0.4, 0.5) is 0 Å². The Morgan fingerprint density at radius 3 is 2.86 bits per heavy atom. The first kappa shape index (κ1) is 9.97. The number of nitrogens with one attached hydrogen (secondary N) is 1. The average molecular weight is 212 g/mol. The lowest BCUT2D eigenvalue weighted by Gasteiger charge is -2.27. The molecule has 2 rings (SSSR count). The maximum absolute atomic E-state index is 6.01. The van der Waals surface area contributed by atoms with Crippen molar-refractivity contribution in [3.05, 3.63) is 34.3 Å². The van der Waals surface area contributed by atoms with Crippen molar-refractivity contribution in [2.24, 2.45) is 0 Å². The Balaban J connectivity index is 1.91. The zero-order valence-corrected chi connectivity index (χ0v) is 8.97. The molecule has 3 heteroatoms. The molecule has 76 valence electrons. The minimum absolute atomic E-state index is 0.384. The monoisotopic (exact) mass is 211 g/mol. The van der Waals surface area contributed by atoms with Crippen molar-refractivity contribution in [2.45, 2.75) is 19.6 Å². The SMILES string of the molecule is Cc1ccc(COC2CNC2)cc1Cl. The molecule has 0 saturated carbocycles. The van der Waals surface area contributed by atoms with Crippen LogP contribution in [0.5, 0.6) is 0 Å². The molecule has 1 N–H and O–H groups in total. The summed E-state index contributed by atoms with van der Waals surface area (Å²) in [6, 6.07) is 6.07. The van der Waals surface area contributed by atoms with E-state index in [1.165, 1.54) is 0 Å². The Morgan fingerprint density at radius 1 is 1.50 bits per heavy atom. The summed E-state index contributed by atoms with van der Waals surface area (Å²) < 4.78 is 5.64. The van der Waals surface area contributed by atoms with Crippen LogP contribution in [0.2, 0.25) is 5.02 Å². The number of aryl methyl sites for hydroxylation is 1. The maximum atomic E-state index is 6.01. The Labute approximate surface area is 89.2 Å². The summed E-state index contributed by atoms with van der Waals surface area (Å²) in [7, 11) is 0. The van der Waals surface area contributed by atoms with Crippen molar-refractivity contribution in [3.8, 4) is 0 Å². The Bertz CT molecular complexity index is 323. The number of ether oxygens (including phenoxy) is 1. The van der Waals surface area contributed by atoms with Crippen molar-refractivity contribution in [3.63, 3.8) is 0 Å². The fourth-order valence-electron chi connectivity index (χ4n) is 1.32. The smallest absolute Gasteiger partial charge is 0.0828 e. The molecule has 0 atom stereocenters. The average Bonchev–Trinajstić information content (AvgIpc) is 2.08. The molecule has 1 fully saturated rings. The van der Waals surface area contributed by atoms with E-state index in [0.29, 0.717) is 12.7 Å². The summed E-state index contributed by atoms with van der Waals surface area (Å²) in [5, 5.41) is 3.98. The molecule has 1 aliphatic heterocycles. The molecule has 0 aromatic heterocycles. The third-order valence-corrected chi connectivity index (χ3v) is 2.87. The topological polar surface area (TPSA) is 21.3 Å². The second kappa shape index (κ2) is 4.30. The van der Waals surface area contributed by atoms with Gasteiger partial charge < -0.3 is 10.1 Å². The third-order valence-electron chi connectivity index (χ3n) is 2.47. The van der Waals surface area contributed by atoms with Gasteiger partial charge in [-0.05, 0) is 24.1 Å². The number of rotatable bonds is 3. The quantitative estimate of drug-likeness (QED) is 0.827. The molecular weight excluding hydrogens is 198 g/mol. The molecule has 1 aromatic rings. The molecule has 0 radical (unpaired) electrons. The zero-order valence-electron chi connectivity index (χ0n) is 8.22. The lowest BCUT2D eigenvalue weighted by molar-refractivity contribution is 0.00758. The molecule has 1 aliphatic rings. The van der Waals surface area contributed by atoms with Crippen LogP contribution in [0.1, 0.15) is 11.1 Å². The van der Waals surface area contributed by atoms with Gasteiger partial charge >= 0.3 is 0 Å². The van der Waals surface area contributed by atoms with Crippen molar-refractivity contribution in [1.82, 2.24) is 5.32 Å². The van der Waals surface area contributed by atoms with E-state index in [1.54, 1.807) is 0 Å².